The molecule has 84 valence electrons. The highest BCUT2D eigenvalue weighted by molar-refractivity contribution is 6.17. The van der Waals surface area contributed by atoms with Crippen LogP contribution in [0.25, 0.3) is 0 Å². The Morgan fingerprint density at radius 3 is 2.40 bits per heavy atom. The average molecular weight is 226 g/mol. The maximum Gasteiger partial charge on any atom is 0.0223 e. The third-order valence-corrected chi connectivity index (χ3v) is 2.68. The standard InChI is InChI=1S/C13H20ClN/c14-10-6-1-2-7-11-15-12-13-8-4-3-5-9-13/h3-5,8-9,15H,1-2,6-7,10-12H2. The van der Waals surface area contributed by atoms with Gasteiger partial charge in [0.15, 0.2) is 0 Å². The van der Waals surface area contributed by atoms with Gasteiger partial charge in [0.25, 0.3) is 0 Å². The van der Waals surface area contributed by atoms with Gasteiger partial charge < -0.3 is 5.32 Å². The van der Waals surface area contributed by atoms with Gasteiger partial charge in [0.05, 0.1) is 0 Å². The molecule has 1 rings (SSSR count). The molecule has 0 atom stereocenters. The van der Waals surface area contributed by atoms with Gasteiger partial charge in [-0.3, -0.25) is 0 Å². The van der Waals surface area contributed by atoms with E-state index in [1.807, 2.05) is 0 Å². The predicted octanol–water partition coefficient (Wildman–Crippen LogP) is 3.58. The molecule has 1 aromatic rings. The van der Waals surface area contributed by atoms with Gasteiger partial charge in [-0.15, -0.1) is 11.6 Å². The molecule has 0 heterocycles. The van der Waals surface area contributed by atoms with Crippen molar-refractivity contribution in [2.75, 3.05) is 12.4 Å². The number of unbranched alkanes of at least 4 members (excludes halogenated alkanes) is 3. The van der Waals surface area contributed by atoms with E-state index in [9.17, 15) is 0 Å². The van der Waals surface area contributed by atoms with Gasteiger partial charge in [-0.05, 0) is 24.9 Å². The van der Waals surface area contributed by atoms with E-state index >= 15 is 0 Å². The SMILES string of the molecule is ClCCCCCCNCc1ccccc1. The van der Waals surface area contributed by atoms with E-state index in [1.165, 1.54) is 24.8 Å². The number of hydrogen-bond donors (Lipinski definition) is 1. The van der Waals surface area contributed by atoms with Crippen molar-refractivity contribution in [1.29, 1.82) is 0 Å². The van der Waals surface area contributed by atoms with Crippen LogP contribution < -0.4 is 5.32 Å². The number of benzene rings is 1. The molecule has 2 heteroatoms. The molecule has 1 aromatic carbocycles. The molecule has 0 aliphatic heterocycles. The molecular weight excluding hydrogens is 206 g/mol. The van der Waals surface area contributed by atoms with Gasteiger partial charge in [0.2, 0.25) is 0 Å². The molecule has 0 aliphatic carbocycles. The van der Waals surface area contributed by atoms with Crippen molar-refractivity contribution in [2.24, 2.45) is 0 Å². The first-order valence-electron chi connectivity index (χ1n) is 5.74. The van der Waals surface area contributed by atoms with Gasteiger partial charge in [-0.1, -0.05) is 43.2 Å². The Morgan fingerprint density at radius 2 is 1.67 bits per heavy atom. The van der Waals surface area contributed by atoms with E-state index < -0.39 is 0 Å². The molecule has 0 unspecified atom stereocenters. The van der Waals surface area contributed by atoms with Crippen molar-refractivity contribution in [2.45, 2.75) is 32.2 Å². The number of nitrogens with one attached hydrogen (secondary N) is 1. The largest absolute Gasteiger partial charge is 0.313 e. The van der Waals surface area contributed by atoms with Gasteiger partial charge in [-0.25, -0.2) is 0 Å². The number of rotatable bonds is 8. The highest BCUT2D eigenvalue weighted by Gasteiger charge is 1.91. The summed E-state index contributed by atoms with van der Waals surface area (Å²) in [5, 5.41) is 3.45. The van der Waals surface area contributed by atoms with Crippen LogP contribution in [-0.2, 0) is 6.54 Å². The van der Waals surface area contributed by atoms with Crippen molar-refractivity contribution in [3.8, 4) is 0 Å². The van der Waals surface area contributed by atoms with Crippen molar-refractivity contribution in [3.63, 3.8) is 0 Å². The van der Waals surface area contributed by atoms with Crippen molar-refractivity contribution >= 4 is 11.6 Å². The van der Waals surface area contributed by atoms with E-state index in [2.05, 4.69) is 35.6 Å². The van der Waals surface area contributed by atoms with E-state index in [1.54, 1.807) is 0 Å². The lowest BCUT2D eigenvalue weighted by atomic mass is 10.2. The molecule has 0 aromatic heterocycles. The van der Waals surface area contributed by atoms with Gasteiger partial charge in [0, 0.05) is 12.4 Å². The summed E-state index contributed by atoms with van der Waals surface area (Å²) in [6.07, 6.45) is 4.95. The third kappa shape index (κ3) is 6.53. The lowest BCUT2D eigenvalue weighted by molar-refractivity contribution is 0.599. The minimum Gasteiger partial charge on any atom is -0.313 e. The predicted molar refractivity (Wildman–Crippen MR) is 67.3 cm³/mol. The molecule has 0 fully saturated rings. The summed E-state index contributed by atoms with van der Waals surface area (Å²) in [5.41, 5.74) is 1.36. The van der Waals surface area contributed by atoms with Crippen LogP contribution in [0.3, 0.4) is 0 Å². The Labute approximate surface area is 97.8 Å². The van der Waals surface area contributed by atoms with Crippen LogP contribution in [-0.4, -0.2) is 12.4 Å². The second-order valence-corrected chi connectivity index (χ2v) is 4.14. The Hall–Kier alpha value is -0.530. The Bertz CT molecular complexity index is 236. The van der Waals surface area contributed by atoms with Crippen LogP contribution in [0.15, 0.2) is 30.3 Å². The van der Waals surface area contributed by atoms with E-state index in [0.717, 1.165) is 25.4 Å². The van der Waals surface area contributed by atoms with Crippen LogP contribution in [0.5, 0.6) is 0 Å². The summed E-state index contributed by atoms with van der Waals surface area (Å²) in [6, 6.07) is 10.5. The summed E-state index contributed by atoms with van der Waals surface area (Å²) in [7, 11) is 0. The van der Waals surface area contributed by atoms with Crippen molar-refractivity contribution in [3.05, 3.63) is 35.9 Å². The Balaban J connectivity index is 1.93. The molecule has 1 nitrogen and oxygen atoms in total. The molecule has 0 aliphatic rings. The Kier molecular flexibility index (Phi) is 7.32. The van der Waals surface area contributed by atoms with Crippen LogP contribution >= 0.6 is 11.6 Å². The molecule has 0 radical (unpaired) electrons. The highest BCUT2D eigenvalue weighted by Crippen LogP contribution is 2.01. The summed E-state index contributed by atoms with van der Waals surface area (Å²) >= 11 is 5.61. The zero-order chi connectivity index (χ0) is 10.8. The second-order valence-electron chi connectivity index (χ2n) is 3.77. The monoisotopic (exact) mass is 225 g/mol. The fourth-order valence-corrected chi connectivity index (χ4v) is 1.72. The molecule has 0 amide bonds. The zero-order valence-electron chi connectivity index (χ0n) is 9.21. The molecule has 0 bridgehead atoms. The lowest BCUT2D eigenvalue weighted by Crippen LogP contribution is -2.14. The summed E-state index contributed by atoms with van der Waals surface area (Å²) in [4.78, 5) is 0. The smallest absolute Gasteiger partial charge is 0.0223 e. The highest BCUT2D eigenvalue weighted by atomic mass is 35.5. The van der Waals surface area contributed by atoms with Crippen LogP contribution in [0.1, 0.15) is 31.2 Å². The van der Waals surface area contributed by atoms with Crippen LogP contribution in [0.2, 0.25) is 0 Å². The maximum absolute atomic E-state index is 5.61. The molecule has 0 spiro atoms. The minimum absolute atomic E-state index is 0.803. The van der Waals surface area contributed by atoms with Gasteiger partial charge >= 0.3 is 0 Å². The molecule has 0 saturated heterocycles. The van der Waals surface area contributed by atoms with Gasteiger partial charge in [0.1, 0.15) is 0 Å². The van der Waals surface area contributed by atoms with Gasteiger partial charge in [-0.2, -0.15) is 0 Å². The fraction of sp³-hybridized carbons (Fsp3) is 0.538. The van der Waals surface area contributed by atoms with Crippen molar-refractivity contribution in [1.82, 2.24) is 5.32 Å². The topological polar surface area (TPSA) is 12.0 Å². The molecule has 1 N–H and O–H groups in total. The average Bonchev–Trinajstić information content (AvgIpc) is 2.29. The first-order valence-corrected chi connectivity index (χ1v) is 6.27. The van der Waals surface area contributed by atoms with E-state index in [0.29, 0.717) is 0 Å². The fourth-order valence-electron chi connectivity index (χ4n) is 1.53. The quantitative estimate of drug-likeness (QED) is 0.527. The molecular formula is C13H20ClN. The van der Waals surface area contributed by atoms with Crippen LogP contribution in [0, 0.1) is 0 Å². The summed E-state index contributed by atoms with van der Waals surface area (Å²) < 4.78 is 0. The lowest BCUT2D eigenvalue weighted by Gasteiger charge is -2.04. The zero-order valence-corrected chi connectivity index (χ0v) is 9.97. The maximum atomic E-state index is 5.61. The van der Waals surface area contributed by atoms with Crippen LogP contribution in [0.4, 0.5) is 0 Å². The first-order chi connectivity index (χ1) is 7.43. The number of alkyl halides is 1. The summed E-state index contributed by atoms with van der Waals surface area (Å²) in [6.45, 7) is 2.09. The Morgan fingerprint density at radius 1 is 0.933 bits per heavy atom. The molecule has 15 heavy (non-hydrogen) atoms. The van der Waals surface area contributed by atoms with E-state index in [4.69, 9.17) is 11.6 Å². The normalized spacial score (nSPS) is 10.5. The minimum atomic E-state index is 0.803. The third-order valence-electron chi connectivity index (χ3n) is 2.41. The number of hydrogen-bond acceptors (Lipinski definition) is 1. The summed E-state index contributed by atoms with van der Waals surface area (Å²) in [5.74, 6) is 0.803. The van der Waals surface area contributed by atoms with Crippen molar-refractivity contribution < 1.29 is 0 Å². The first kappa shape index (κ1) is 12.5. The van der Waals surface area contributed by atoms with E-state index in [-0.39, 0.29) is 0 Å². The number of halogens is 1. The molecule has 0 saturated carbocycles. The second kappa shape index (κ2) is 8.75.